The molecule has 3 N–H and O–H groups in total. The SMILES string of the molecule is CC(C)N1CC=C(c2ccc(CCC(NC(=O)C3N(C(=O)OC(C)(C)C)C45CCC34C5)C(N)=O)c(F)c2)CC1. The van der Waals surface area contributed by atoms with Crippen molar-refractivity contribution in [3.63, 3.8) is 0 Å². The Morgan fingerprint density at radius 2 is 1.97 bits per heavy atom. The van der Waals surface area contributed by atoms with Crippen LogP contribution in [0.3, 0.4) is 0 Å². The zero-order valence-corrected chi connectivity index (χ0v) is 23.7. The van der Waals surface area contributed by atoms with E-state index < -0.39 is 35.6 Å². The lowest BCUT2D eigenvalue weighted by atomic mass is 9.65. The van der Waals surface area contributed by atoms with Gasteiger partial charge in [0.1, 0.15) is 23.5 Å². The van der Waals surface area contributed by atoms with Gasteiger partial charge in [-0.15, -0.1) is 0 Å². The van der Waals surface area contributed by atoms with E-state index in [4.69, 9.17) is 10.5 Å². The number of nitrogens with two attached hydrogens (primary N) is 1. The van der Waals surface area contributed by atoms with Gasteiger partial charge in [-0.25, -0.2) is 9.18 Å². The van der Waals surface area contributed by atoms with Gasteiger partial charge in [-0.2, -0.15) is 0 Å². The summed E-state index contributed by atoms with van der Waals surface area (Å²) < 4.78 is 20.6. The molecular weight excluding hydrogens is 499 g/mol. The maximum Gasteiger partial charge on any atom is 0.411 e. The largest absolute Gasteiger partial charge is 0.444 e. The zero-order chi connectivity index (χ0) is 28.3. The van der Waals surface area contributed by atoms with Gasteiger partial charge in [0, 0.05) is 24.5 Å². The first-order chi connectivity index (χ1) is 18.3. The van der Waals surface area contributed by atoms with E-state index in [9.17, 15) is 14.4 Å². The Morgan fingerprint density at radius 1 is 1.23 bits per heavy atom. The highest BCUT2D eigenvalue weighted by molar-refractivity contribution is 5.95. The molecule has 1 saturated heterocycles. The lowest BCUT2D eigenvalue weighted by molar-refractivity contribution is -0.156. The van der Waals surface area contributed by atoms with Crippen molar-refractivity contribution >= 4 is 23.5 Å². The van der Waals surface area contributed by atoms with Crippen LogP contribution in [0, 0.1) is 11.2 Å². The van der Waals surface area contributed by atoms with E-state index in [0.29, 0.717) is 11.6 Å². The number of carbonyl (C=O) groups is 3. The Hall–Kier alpha value is -2.94. The van der Waals surface area contributed by atoms with Gasteiger partial charge in [0.25, 0.3) is 0 Å². The predicted molar refractivity (Wildman–Crippen MR) is 146 cm³/mol. The summed E-state index contributed by atoms with van der Waals surface area (Å²) in [6.07, 6.45) is 5.45. The summed E-state index contributed by atoms with van der Waals surface area (Å²) in [4.78, 5) is 42.5. The van der Waals surface area contributed by atoms with E-state index in [0.717, 1.165) is 49.9 Å². The number of hydrogen-bond donors (Lipinski definition) is 2. The summed E-state index contributed by atoms with van der Waals surface area (Å²) >= 11 is 0. The van der Waals surface area contributed by atoms with Crippen LogP contribution in [-0.4, -0.2) is 70.1 Å². The van der Waals surface area contributed by atoms with Gasteiger partial charge >= 0.3 is 6.09 Å². The van der Waals surface area contributed by atoms with Crippen LogP contribution in [0.5, 0.6) is 0 Å². The number of nitrogens with one attached hydrogen (secondary N) is 1. The van der Waals surface area contributed by atoms with Crippen molar-refractivity contribution in [2.24, 2.45) is 11.1 Å². The average Bonchev–Trinajstić information content (AvgIpc) is 3.17. The number of primary amides is 1. The fourth-order valence-electron chi connectivity index (χ4n) is 6.91. The number of rotatable bonds is 8. The highest BCUT2D eigenvalue weighted by Gasteiger charge is 2.91. The van der Waals surface area contributed by atoms with Gasteiger partial charge < -0.3 is 15.8 Å². The number of ether oxygens (including phenoxy) is 1. The van der Waals surface area contributed by atoms with Crippen LogP contribution in [-0.2, 0) is 20.7 Å². The van der Waals surface area contributed by atoms with E-state index in [1.165, 1.54) is 0 Å². The summed E-state index contributed by atoms with van der Waals surface area (Å²) in [6, 6.07) is 4.06. The Bertz CT molecular complexity index is 1220. The van der Waals surface area contributed by atoms with Gasteiger partial charge in [0.05, 0.1) is 5.54 Å². The second kappa shape index (κ2) is 9.61. The molecule has 2 aliphatic heterocycles. The molecule has 39 heavy (non-hydrogen) atoms. The molecule has 2 heterocycles. The lowest BCUT2D eigenvalue weighted by Crippen LogP contribution is -2.75. The molecule has 2 aliphatic carbocycles. The molecule has 1 aromatic carbocycles. The minimum absolute atomic E-state index is 0.167. The van der Waals surface area contributed by atoms with E-state index in [2.05, 4.69) is 30.1 Å². The third kappa shape index (κ3) is 4.72. The number of nitrogens with zero attached hydrogens (tertiary/aromatic N) is 2. The van der Waals surface area contributed by atoms with Crippen molar-refractivity contribution in [2.75, 3.05) is 13.1 Å². The van der Waals surface area contributed by atoms with Crippen LogP contribution in [0.2, 0.25) is 0 Å². The third-order valence-electron chi connectivity index (χ3n) is 9.23. The molecule has 4 unspecified atom stereocenters. The van der Waals surface area contributed by atoms with Crippen LogP contribution in [0.25, 0.3) is 5.57 Å². The highest BCUT2D eigenvalue weighted by atomic mass is 19.1. The zero-order valence-electron chi connectivity index (χ0n) is 23.7. The van der Waals surface area contributed by atoms with Gasteiger partial charge in [-0.1, -0.05) is 18.2 Å². The van der Waals surface area contributed by atoms with Crippen molar-refractivity contribution in [2.45, 2.75) is 102 Å². The first-order valence-corrected chi connectivity index (χ1v) is 14.1. The summed E-state index contributed by atoms with van der Waals surface area (Å²) in [7, 11) is 0. The molecule has 8 nitrogen and oxygen atoms in total. The van der Waals surface area contributed by atoms with Crippen molar-refractivity contribution in [3.8, 4) is 0 Å². The third-order valence-corrected chi connectivity index (χ3v) is 9.23. The quantitative estimate of drug-likeness (QED) is 0.522. The molecule has 9 heteroatoms. The predicted octanol–water partition coefficient (Wildman–Crippen LogP) is 3.77. The second-order valence-electron chi connectivity index (χ2n) is 13.0. The smallest absolute Gasteiger partial charge is 0.411 e. The standard InChI is InChI=1S/C30H41FN4O4/c1-18(2)34-14-10-19(11-15-34)21-7-6-20(22(31)16-21)8-9-23(25(32)36)33-26(37)24-29-12-13-30(29,17-29)35(24)27(38)39-28(3,4)5/h6-7,10,16,18,23-24H,8-9,11-15,17H2,1-5H3,(H2,32,36)(H,33,37). The molecule has 1 aromatic rings. The summed E-state index contributed by atoms with van der Waals surface area (Å²) in [5, 5.41) is 2.77. The number of hydrogen-bond acceptors (Lipinski definition) is 5. The minimum Gasteiger partial charge on any atom is -0.444 e. The fraction of sp³-hybridized carbons (Fsp3) is 0.633. The van der Waals surface area contributed by atoms with Crippen molar-refractivity contribution < 1.29 is 23.5 Å². The second-order valence-corrected chi connectivity index (χ2v) is 13.0. The summed E-state index contributed by atoms with van der Waals surface area (Å²) in [5.74, 6) is -1.41. The van der Waals surface area contributed by atoms with Gasteiger partial charge in [-0.3, -0.25) is 19.4 Å². The van der Waals surface area contributed by atoms with Crippen molar-refractivity contribution in [1.82, 2.24) is 15.1 Å². The van der Waals surface area contributed by atoms with Gasteiger partial charge in [0.2, 0.25) is 11.8 Å². The van der Waals surface area contributed by atoms with Crippen LogP contribution in [0.15, 0.2) is 24.3 Å². The number of aryl methyl sites for hydroxylation is 1. The number of benzene rings is 1. The molecule has 212 valence electrons. The first kappa shape index (κ1) is 27.6. The first-order valence-electron chi connectivity index (χ1n) is 14.1. The van der Waals surface area contributed by atoms with Gasteiger partial charge in [-0.05, 0) is 95.9 Å². The molecule has 2 saturated carbocycles. The highest BCUT2D eigenvalue weighted by Crippen LogP contribution is 2.83. The average molecular weight is 541 g/mol. The van der Waals surface area contributed by atoms with Crippen LogP contribution in [0.1, 0.15) is 77.8 Å². The maximum atomic E-state index is 15.0. The Morgan fingerprint density at radius 3 is 2.51 bits per heavy atom. The molecular formula is C30H41FN4O4. The van der Waals surface area contributed by atoms with Crippen molar-refractivity contribution in [1.29, 1.82) is 0 Å². The molecule has 4 atom stereocenters. The number of halogens is 1. The molecule has 0 radical (unpaired) electrons. The van der Waals surface area contributed by atoms with E-state index in [1.807, 2.05) is 6.07 Å². The summed E-state index contributed by atoms with van der Waals surface area (Å²) in [6.45, 7) is 11.5. The fourth-order valence-corrected chi connectivity index (χ4v) is 6.91. The molecule has 0 bridgehead atoms. The van der Waals surface area contributed by atoms with E-state index in [1.54, 1.807) is 37.8 Å². The van der Waals surface area contributed by atoms with E-state index in [-0.39, 0.29) is 29.6 Å². The van der Waals surface area contributed by atoms with Crippen LogP contribution >= 0.6 is 0 Å². The van der Waals surface area contributed by atoms with Crippen LogP contribution in [0.4, 0.5) is 9.18 Å². The topological polar surface area (TPSA) is 105 Å². The number of amides is 3. The lowest BCUT2D eigenvalue weighted by Gasteiger charge is -2.59. The Balaban J connectivity index is 1.21. The number of likely N-dealkylation sites (tertiary alicyclic amines) is 1. The molecule has 4 aliphatic rings. The Labute approximate surface area is 230 Å². The van der Waals surface area contributed by atoms with E-state index >= 15 is 4.39 Å². The summed E-state index contributed by atoms with van der Waals surface area (Å²) in [5.41, 5.74) is 6.96. The molecule has 0 aromatic heterocycles. The molecule has 0 spiro atoms. The van der Waals surface area contributed by atoms with Crippen LogP contribution < -0.4 is 11.1 Å². The normalized spacial score (nSPS) is 28.3. The molecule has 3 amide bonds. The number of carbonyl (C=O) groups excluding carboxylic acids is 3. The monoisotopic (exact) mass is 540 g/mol. The Kier molecular flexibility index (Phi) is 6.81. The number of piperidine rings is 1. The van der Waals surface area contributed by atoms with Gasteiger partial charge in [0.15, 0.2) is 0 Å². The molecule has 3 fully saturated rings. The van der Waals surface area contributed by atoms with Crippen molar-refractivity contribution in [3.05, 3.63) is 41.2 Å². The minimum atomic E-state index is -0.967. The maximum absolute atomic E-state index is 15.0. The molecule has 5 rings (SSSR count).